The number of halogens is 5. The lowest BCUT2D eigenvalue weighted by atomic mass is 10.2. The summed E-state index contributed by atoms with van der Waals surface area (Å²) in [5, 5.41) is 7.66. The van der Waals surface area contributed by atoms with E-state index in [1.54, 1.807) is 11.6 Å². The Bertz CT molecular complexity index is 354. The summed E-state index contributed by atoms with van der Waals surface area (Å²) in [4.78, 5) is 0. The Morgan fingerprint density at radius 1 is 1.20 bits per heavy atom. The van der Waals surface area contributed by atoms with Gasteiger partial charge in [0.25, 0.3) is 0 Å². The highest BCUT2D eigenvalue weighted by molar-refractivity contribution is 6.75. The predicted molar refractivity (Wildman–Crippen MR) is 64.1 cm³/mol. The number of alkyl halides is 5. The number of hydrogen-bond acceptors (Lipinski definition) is 2. The maximum absolute atomic E-state index is 5.97. The van der Waals surface area contributed by atoms with Gasteiger partial charge in [0.2, 0.25) is 8.13 Å². The Morgan fingerprint density at radius 3 is 2.07 bits per heavy atom. The summed E-state index contributed by atoms with van der Waals surface area (Å²) >= 11 is 29.0. The SMILES string of the molecule is CCn1nnc(C(Cl)(Cl)C(Cl)(Cl)Cl)c1C. The summed E-state index contributed by atoms with van der Waals surface area (Å²) in [6.07, 6.45) is 0. The van der Waals surface area contributed by atoms with Crippen LogP contribution in [0.5, 0.6) is 0 Å². The van der Waals surface area contributed by atoms with Crippen LogP contribution in [0.3, 0.4) is 0 Å². The van der Waals surface area contributed by atoms with Crippen molar-refractivity contribution in [2.24, 2.45) is 0 Å². The molecule has 0 fully saturated rings. The van der Waals surface area contributed by atoms with E-state index >= 15 is 0 Å². The van der Waals surface area contributed by atoms with Crippen molar-refractivity contribution in [1.82, 2.24) is 15.0 Å². The van der Waals surface area contributed by atoms with Gasteiger partial charge in [-0.15, -0.1) is 5.10 Å². The maximum atomic E-state index is 5.97. The molecule has 1 rings (SSSR count). The summed E-state index contributed by atoms with van der Waals surface area (Å²) in [6.45, 7) is 4.31. The average molecular weight is 311 g/mol. The molecule has 0 N–H and O–H groups in total. The molecule has 0 unspecified atom stereocenters. The van der Waals surface area contributed by atoms with Crippen LogP contribution in [0.25, 0.3) is 0 Å². The molecule has 0 aromatic carbocycles. The zero-order valence-electron chi connectivity index (χ0n) is 7.94. The largest absolute Gasteiger partial charge is 0.250 e. The molecule has 0 saturated heterocycles. The Hall–Kier alpha value is 0.590. The van der Waals surface area contributed by atoms with Gasteiger partial charge in [-0.3, -0.25) is 0 Å². The predicted octanol–water partition coefficient (Wildman–Crippen LogP) is 3.61. The summed E-state index contributed by atoms with van der Waals surface area (Å²) in [5.74, 6) is 0. The Labute approximate surface area is 113 Å². The Kier molecular flexibility index (Phi) is 4.06. The van der Waals surface area contributed by atoms with E-state index in [4.69, 9.17) is 58.0 Å². The van der Waals surface area contributed by atoms with Gasteiger partial charge in [0.05, 0.1) is 5.69 Å². The van der Waals surface area contributed by atoms with Crippen LogP contribution in [0, 0.1) is 6.92 Å². The van der Waals surface area contributed by atoms with Crippen molar-refractivity contribution < 1.29 is 0 Å². The Morgan fingerprint density at radius 2 is 1.73 bits per heavy atom. The minimum Gasteiger partial charge on any atom is -0.250 e. The van der Waals surface area contributed by atoms with Crippen LogP contribution in [0.4, 0.5) is 0 Å². The van der Waals surface area contributed by atoms with E-state index in [-0.39, 0.29) is 5.69 Å². The standard InChI is InChI=1S/C7H8Cl5N3/c1-3-15-4(2)5(13-14-15)6(8,9)7(10,11)12/h3H2,1-2H3. The maximum Gasteiger partial charge on any atom is 0.228 e. The van der Waals surface area contributed by atoms with Gasteiger partial charge in [0.1, 0.15) is 5.69 Å². The highest BCUT2D eigenvalue weighted by atomic mass is 35.6. The van der Waals surface area contributed by atoms with E-state index in [1.165, 1.54) is 0 Å². The lowest BCUT2D eigenvalue weighted by Crippen LogP contribution is -2.29. The molecule has 0 amide bonds. The number of nitrogens with zero attached hydrogens (tertiary/aromatic N) is 3. The van der Waals surface area contributed by atoms with E-state index in [0.717, 1.165) is 0 Å². The second kappa shape index (κ2) is 4.46. The molecule has 1 aromatic heterocycles. The van der Waals surface area contributed by atoms with Gasteiger partial charge in [-0.05, 0) is 13.8 Å². The molecule has 0 aliphatic carbocycles. The fourth-order valence-electron chi connectivity index (χ4n) is 1.09. The van der Waals surface area contributed by atoms with Crippen molar-refractivity contribution in [2.75, 3.05) is 0 Å². The smallest absolute Gasteiger partial charge is 0.228 e. The average Bonchev–Trinajstić information content (AvgIpc) is 2.44. The first-order valence-electron chi connectivity index (χ1n) is 4.07. The molecule has 0 atom stereocenters. The van der Waals surface area contributed by atoms with E-state index in [0.29, 0.717) is 12.2 Å². The van der Waals surface area contributed by atoms with Gasteiger partial charge >= 0.3 is 0 Å². The van der Waals surface area contributed by atoms with Crippen molar-refractivity contribution in [3.8, 4) is 0 Å². The first-order valence-corrected chi connectivity index (χ1v) is 5.96. The molecule has 3 nitrogen and oxygen atoms in total. The third-order valence-electron chi connectivity index (χ3n) is 1.94. The number of aromatic nitrogens is 3. The molecule has 1 aromatic rings. The van der Waals surface area contributed by atoms with Crippen molar-refractivity contribution in [3.05, 3.63) is 11.4 Å². The third kappa shape index (κ3) is 2.47. The highest BCUT2D eigenvalue weighted by Gasteiger charge is 2.50. The van der Waals surface area contributed by atoms with E-state index < -0.39 is 8.13 Å². The van der Waals surface area contributed by atoms with Crippen LogP contribution in [0.2, 0.25) is 0 Å². The number of hydrogen-bond donors (Lipinski definition) is 0. The molecule has 0 saturated carbocycles. The van der Waals surface area contributed by atoms with Crippen LogP contribution < -0.4 is 0 Å². The molecule has 15 heavy (non-hydrogen) atoms. The first kappa shape index (κ1) is 13.7. The molecule has 1 heterocycles. The summed E-state index contributed by atoms with van der Waals surface area (Å²) in [6, 6.07) is 0. The van der Waals surface area contributed by atoms with Gasteiger partial charge in [0.15, 0.2) is 0 Å². The normalized spacial score (nSPS) is 13.3. The van der Waals surface area contributed by atoms with Crippen molar-refractivity contribution >= 4 is 58.0 Å². The lowest BCUT2D eigenvalue weighted by Gasteiger charge is -2.25. The van der Waals surface area contributed by atoms with Crippen LogP contribution >= 0.6 is 58.0 Å². The summed E-state index contributed by atoms with van der Waals surface area (Å²) in [7, 11) is 0. The molecule has 8 heteroatoms. The topological polar surface area (TPSA) is 30.7 Å². The molecule has 0 spiro atoms. The zero-order chi connectivity index (χ0) is 11.9. The highest BCUT2D eigenvalue weighted by Crippen LogP contribution is 2.52. The van der Waals surface area contributed by atoms with Gasteiger partial charge in [0, 0.05) is 6.54 Å². The van der Waals surface area contributed by atoms with Crippen molar-refractivity contribution in [1.29, 1.82) is 0 Å². The second-order valence-corrected chi connectivity index (χ2v) is 6.52. The minimum absolute atomic E-state index is 0.257. The first-order chi connectivity index (χ1) is 6.71. The van der Waals surface area contributed by atoms with Gasteiger partial charge in [-0.25, -0.2) is 4.68 Å². The molecule has 0 aliphatic heterocycles. The monoisotopic (exact) mass is 309 g/mol. The molecule has 0 bridgehead atoms. The lowest BCUT2D eigenvalue weighted by molar-refractivity contribution is 0.611. The summed E-state index contributed by atoms with van der Waals surface area (Å²) in [5.41, 5.74) is 0.932. The van der Waals surface area contributed by atoms with E-state index in [2.05, 4.69) is 10.3 Å². The van der Waals surface area contributed by atoms with E-state index in [1.807, 2.05) is 6.92 Å². The van der Waals surface area contributed by atoms with Crippen LogP contribution in [-0.2, 0) is 10.9 Å². The van der Waals surface area contributed by atoms with E-state index in [9.17, 15) is 0 Å². The zero-order valence-corrected chi connectivity index (χ0v) is 11.7. The molecule has 0 aliphatic rings. The molecule has 86 valence electrons. The van der Waals surface area contributed by atoms with Crippen LogP contribution in [-0.4, -0.2) is 18.8 Å². The third-order valence-corrected chi connectivity index (χ3v) is 4.29. The van der Waals surface area contributed by atoms with Gasteiger partial charge < -0.3 is 0 Å². The quantitative estimate of drug-likeness (QED) is 0.781. The fraction of sp³-hybridized carbons (Fsp3) is 0.714. The van der Waals surface area contributed by atoms with Crippen LogP contribution in [0.15, 0.2) is 0 Å². The molecular weight excluding hydrogens is 303 g/mol. The van der Waals surface area contributed by atoms with Gasteiger partial charge in [-0.2, -0.15) is 0 Å². The van der Waals surface area contributed by atoms with Crippen molar-refractivity contribution in [2.45, 2.75) is 28.5 Å². The van der Waals surface area contributed by atoms with Crippen LogP contribution in [0.1, 0.15) is 18.3 Å². The fourth-order valence-corrected chi connectivity index (χ4v) is 1.70. The summed E-state index contributed by atoms with van der Waals surface area (Å²) < 4.78 is -1.96. The number of rotatable bonds is 2. The Balaban J connectivity index is 3.22. The van der Waals surface area contributed by atoms with Crippen molar-refractivity contribution in [3.63, 3.8) is 0 Å². The molecular formula is C7H8Cl5N3. The van der Waals surface area contributed by atoms with Gasteiger partial charge in [-0.1, -0.05) is 63.2 Å². The minimum atomic E-state index is -1.87. The number of aryl methyl sites for hydroxylation is 1. The second-order valence-electron chi connectivity index (χ2n) is 2.91. The molecule has 0 radical (unpaired) electrons.